The third kappa shape index (κ3) is 6.34. The molecule has 0 aromatic carbocycles. The summed E-state index contributed by atoms with van der Waals surface area (Å²) in [4.78, 5) is 0. The molecule has 0 spiro atoms. The molecular weight excluding hydrogens is 188 g/mol. The molecule has 60 valence electrons. The fourth-order valence-electron chi connectivity index (χ4n) is 0.676. The fraction of sp³-hybridized carbons (Fsp3) is 0.778. The highest BCUT2D eigenvalue weighted by Gasteiger charge is 1.92. The second-order valence-electron chi connectivity index (χ2n) is 2.70. The van der Waals surface area contributed by atoms with Gasteiger partial charge >= 0.3 is 0 Å². The van der Waals surface area contributed by atoms with Crippen molar-refractivity contribution in [1.82, 2.24) is 0 Å². The average Bonchev–Trinajstić information content (AvgIpc) is 1.98. The predicted molar refractivity (Wildman–Crippen MR) is 51.6 cm³/mol. The van der Waals surface area contributed by atoms with E-state index < -0.39 is 0 Å². The molecule has 0 rings (SSSR count). The minimum atomic E-state index is 0.853. The van der Waals surface area contributed by atoms with Crippen molar-refractivity contribution >= 4 is 15.9 Å². The second kappa shape index (κ2) is 7.33. The Balaban J connectivity index is 3.16. The number of halogens is 1. The molecule has 1 unspecified atom stereocenters. The topological polar surface area (TPSA) is 0 Å². The summed E-state index contributed by atoms with van der Waals surface area (Å²) >= 11 is 3.38. The largest absolute Gasteiger partial charge is 0.0925 e. The summed E-state index contributed by atoms with van der Waals surface area (Å²) in [7, 11) is 0. The maximum atomic E-state index is 3.38. The lowest BCUT2D eigenvalue weighted by atomic mass is 10.1. The van der Waals surface area contributed by atoms with Gasteiger partial charge in [0.25, 0.3) is 0 Å². The van der Waals surface area contributed by atoms with Crippen LogP contribution in [0.2, 0.25) is 0 Å². The average molecular weight is 205 g/mol. The van der Waals surface area contributed by atoms with Crippen LogP contribution in [-0.4, -0.2) is 5.33 Å². The third-order valence-electron chi connectivity index (χ3n) is 1.68. The van der Waals surface area contributed by atoms with E-state index in [1.807, 2.05) is 0 Å². The first-order valence-electron chi connectivity index (χ1n) is 4.02. The van der Waals surface area contributed by atoms with Crippen LogP contribution in [0.25, 0.3) is 0 Å². The number of rotatable bonds is 5. The van der Waals surface area contributed by atoms with Gasteiger partial charge in [0.15, 0.2) is 0 Å². The number of hydrogen-bond donors (Lipinski definition) is 0. The monoisotopic (exact) mass is 204 g/mol. The summed E-state index contributed by atoms with van der Waals surface area (Å²) in [6.45, 7) is 4.53. The lowest BCUT2D eigenvalue weighted by Gasteiger charge is -2.01. The molecule has 1 heteroatoms. The Labute approximate surface area is 72.8 Å². The van der Waals surface area contributed by atoms with Crippen molar-refractivity contribution in [3.8, 4) is 0 Å². The first-order chi connectivity index (χ1) is 4.81. The Morgan fingerprint density at radius 3 is 2.60 bits per heavy atom. The Hall–Kier alpha value is 0.220. The van der Waals surface area contributed by atoms with Gasteiger partial charge in [0.05, 0.1) is 0 Å². The lowest BCUT2D eigenvalue weighted by Crippen LogP contribution is -1.87. The number of hydrogen-bond acceptors (Lipinski definition) is 0. The van der Waals surface area contributed by atoms with E-state index in [1.54, 1.807) is 0 Å². The van der Waals surface area contributed by atoms with Crippen LogP contribution < -0.4 is 0 Å². The van der Waals surface area contributed by atoms with E-state index in [4.69, 9.17) is 0 Å². The highest BCUT2D eigenvalue weighted by molar-refractivity contribution is 9.09. The molecule has 0 amide bonds. The van der Waals surface area contributed by atoms with Gasteiger partial charge in [-0.2, -0.15) is 0 Å². The van der Waals surface area contributed by atoms with Crippen molar-refractivity contribution in [1.29, 1.82) is 0 Å². The third-order valence-corrected chi connectivity index (χ3v) is 2.14. The normalized spacial score (nSPS) is 14.3. The van der Waals surface area contributed by atoms with Crippen molar-refractivity contribution in [2.75, 3.05) is 5.33 Å². The fourth-order valence-corrected chi connectivity index (χ4v) is 0.940. The lowest BCUT2D eigenvalue weighted by molar-refractivity contribution is 0.571. The van der Waals surface area contributed by atoms with E-state index in [0.29, 0.717) is 0 Å². The van der Waals surface area contributed by atoms with Gasteiger partial charge in [0, 0.05) is 5.33 Å². The maximum absolute atomic E-state index is 3.38. The van der Waals surface area contributed by atoms with E-state index >= 15 is 0 Å². The Morgan fingerprint density at radius 1 is 1.40 bits per heavy atom. The number of alkyl halides is 1. The smallest absolute Gasteiger partial charge is 0.00659 e. The minimum Gasteiger partial charge on any atom is -0.0925 e. The van der Waals surface area contributed by atoms with Gasteiger partial charge in [-0.1, -0.05) is 48.4 Å². The Bertz CT molecular complexity index is 86.7. The van der Waals surface area contributed by atoms with Gasteiger partial charge in [-0.05, 0) is 18.8 Å². The van der Waals surface area contributed by atoms with Gasteiger partial charge in [-0.3, -0.25) is 0 Å². The summed E-state index contributed by atoms with van der Waals surface area (Å²) in [5.74, 6) is 0.853. The molecule has 0 aromatic heterocycles. The van der Waals surface area contributed by atoms with Crippen LogP contribution in [-0.2, 0) is 0 Å². The minimum absolute atomic E-state index is 0.853. The van der Waals surface area contributed by atoms with E-state index in [0.717, 1.165) is 17.7 Å². The standard InChI is InChI=1S/C9H17Br/c1-3-9(2)7-5-4-6-8-10/h4-5,9H,3,6-8H2,1-2H3. The van der Waals surface area contributed by atoms with Gasteiger partial charge in [0.2, 0.25) is 0 Å². The molecule has 0 saturated carbocycles. The molecule has 1 atom stereocenters. The van der Waals surface area contributed by atoms with Crippen LogP contribution in [0.3, 0.4) is 0 Å². The van der Waals surface area contributed by atoms with Gasteiger partial charge in [-0.25, -0.2) is 0 Å². The predicted octanol–water partition coefficient (Wildman–Crippen LogP) is 3.76. The molecule has 0 radical (unpaired) electrons. The molecule has 0 nitrogen and oxygen atoms in total. The first kappa shape index (κ1) is 10.2. The number of allylic oxidation sites excluding steroid dienone is 2. The zero-order chi connectivity index (χ0) is 7.82. The Morgan fingerprint density at radius 2 is 2.10 bits per heavy atom. The van der Waals surface area contributed by atoms with Crippen molar-refractivity contribution in [2.45, 2.75) is 33.1 Å². The molecule has 0 aliphatic heterocycles. The van der Waals surface area contributed by atoms with Gasteiger partial charge in [0.1, 0.15) is 0 Å². The van der Waals surface area contributed by atoms with Crippen molar-refractivity contribution in [3.05, 3.63) is 12.2 Å². The van der Waals surface area contributed by atoms with Crippen LogP contribution in [0.15, 0.2) is 12.2 Å². The quantitative estimate of drug-likeness (QED) is 0.473. The molecular formula is C9H17Br. The molecule has 10 heavy (non-hydrogen) atoms. The van der Waals surface area contributed by atoms with E-state index in [-0.39, 0.29) is 0 Å². The molecule has 0 N–H and O–H groups in total. The summed E-state index contributed by atoms with van der Waals surface area (Å²) in [6.07, 6.45) is 8.23. The SMILES string of the molecule is CCC(C)CC=CCCBr. The van der Waals surface area contributed by atoms with Crippen LogP contribution in [0, 0.1) is 5.92 Å². The van der Waals surface area contributed by atoms with Gasteiger partial charge < -0.3 is 0 Å². The molecule has 0 aliphatic rings. The highest BCUT2D eigenvalue weighted by Crippen LogP contribution is 2.06. The second-order valence-corrected chi connectivity index (χ2v) is 3.49. The van der Waals surface area contributed by atoms with Crippen LogP contribution in [0.1, 0.15) is 33.1 Å². The van der Waals surface area contributed by atoms with Crippen LogP contribution >= 0.6 is 15.9 Å². The van der Waals surface area contributed by atoms with E-state index in [1.165, 1.54) is 12.8 Å². The molecule has 0 saturated heterocycles. The highest BCUT2D eigenvalue weighted by atomic mass is 79.9. The van der Waals surface area contributed by atoms with Gasteiger partial charge in [-0.15, -0.1) is 0 Å². The summed E-state index contributed by atoms with van der Waals surface area (Å²) in [5, 5.41) is 1.09. The summed E-state index contributed by atoms with van der Waals surface area (Å²) < 4.78 is 0. The summed E-state index contributed by atoms with van der Waals surface area (Å²) in [6, 6.07) is 0. The molecule has 0 aliphatic carbocycles. The summed E-state index contributed by atoms with van der Waals surface area (Å²) in [5.41, 5.74) is 0. The van der Waals surface area contributed by atoms with Crippen molar-refractivity contribution in [3.63, 3.8) is 0 Å². The van der Waals surface area contributed by atoms with E-state index in [2.05, 4.69) is 41.9 Å². The molecule has 0 bridgehead atoms. The van der Waals surface area contributed by atoms with Crippen LogP contribution in [0.4, 0.5) is 0 Å². The van der Waals surface area contributed by atoms with Crippen molar-refractivity contribution < 1.29 is 0 Å². The van der Waals surface area contributed by atoms with E-state index in [9.17, 15) is 0 Å². The zero-order valence-corrected chi connectivity index (χ0v) is 8.52. The zero-order valence-electron chi connectivity index (χ0n) is 6.94. The molecule has 0 aromatic rings. The van der Waals surface area contributed by atoms with Crippen molar-refractivity contribution in [2.24, 2.45) is 5.92 Å². The van der Waals surface area contributed by atoms with Crippen LogP contribution in [0.5, 0.6) is 0 Å². The maximum Gasteiger partial charge on any atom is 0.00659 e. The first-order valence-corrected chi connectivity index (χ1v) is 5.14. The molecule has 0 fully saturated rings. The molecule has 0 heterocycles. The Kier molecular flexibility index (Phi) is 7.49.